The van der Waals surface area contributed by atoms with E-state index in [1.54, 1.807) is 0 Å². The van der Waals surface area contributed by atoms with E-state index >= 15 is 0 Å². The zero-order valence-corrected chi connectivity index (χ0v) is 13.6. The number of benzene rings is 2. The predicted molar refractivity (Wildman–Crippen MR) is 91.6 cm³/mol. The Hall–Kier alpha value is -2.00. The van der Waals surface area contributed by atoms with Gasteiger partial charge in [-0.15, -0.1) is 0 Å². The molecule has 1 unspecified atom stereocenters. The fourth-order valence-electron chi connectivity index (χ4n) is 2.51. The second kappa shape index (κ2) is 7.85. The molecular weight excluding hydrogens is 274 g/mol. The fraction of sp³-hybridized carbons (Fsp3) is 0.368. The second-order valence-corrected chi connectivity index (χ2v) is 5.40. The lowest BCUT2D eigenvalue weighted by Gasteiger charge is -2.26. The van der Waals surface area contributed by atoms with Crippen molar-refractivity contribution in [2.45, 2.75) is 26.9 Å². The molecule has 2 rings (SSSR count). The van der Waals surface area contributed by atoms with Crippen LogP contribution in [0.3, 0.4) is 0 Å². The molecule has 0 saturated heterocycles. The van der Waals surface area contributed by atoms with Crippen LogP contribution in [-0.4, -0.2) is 24.8 Å². The summed E-state index contributed by atoms with van der Waals surface area (Å²) in [5.74, 6) is 0.837. The molecule has 3 nitrogen and oxygen atoms in total. The molecule has 0 aliphatic carbocycles. The zero-order valence-electron chi connectivity index (χ0n) is 13.6. The van der Waals surface area contributed by atoms with Gasteiger partial charge in [0.2, 0.25) is 0 Å². The minimum absolute atomic E-state index is 0.517. The summed E-state index contributed by atoms with van der Waals surface area (Å²) in [5, 5.41) is 10.5. The van der Waals surface area contributed by atoms with E-state index in [4.69, 9.17) is 4.74 Å². The van der Waals surface area contributed by atoms with Crippen LogP contribution in [0.2, 0.25) is 0 Å². The van der Waals surface area contributed by atoms with Gasteiger partial charge in [-0.05, 0) is 56.2 Å². The van der Waals surface area contributed by atoms with E-state index in [1.807, 2.05) is 31.2 Å². The van der Waals surface area contributed by atoms with E-state index in [9.17, 15) is 5.11 Å². The van der Waals surface area contributed by atoms with Gasteiger partial charge in [0.25, 0.3) is 0 Å². The van der Waals surface area contributed by atoms with Crippen LogP contribution in [0.5, 0.6) is 5.75 Å². The number of hydrogen-bond donors (Lipinski definition) is 1. The summed E-state index contributed by atoms with van der Waals surface area (Å²) in [5.41, 5.74) is 3.29. The minimum Gasteiger partial charge on any atom is -0.494 e. The summed E-state index contributed by atoms with van der Waals surface area (Å²) in [6, 6.07) is 16.0. The molecule has 0 radical (unpaired) electrons. The highest BCUT2D eigenvalue weighted by atomic mass is 16.5. The Bertz CT molecular complexity index is 580. The number of likely N-dealkylation sites (N-methyl/N-ethyl adjacent to an activating group) is 1. The molecule has 3 heteroatoms. The summed E-state index contributed by atoms with van der Waals surface area (Å²) < 4.78 is 5.43. The number of rotatable bonds is 7. The first-order valence-corrected chi connectivity index (χ1v) is 7.86. The third-order valence-electron chi connectivity index (χ3n) is 3.72. The third-order valence-corrected chi connectivity index (χ3v) is 3.72. The predicted octanol–water partition coefficient (Wildman–Crippen LogP) is 3.95. The quantitative estimate of drug-likeness (QED) is 0.840. The normalized spacial score (nSPS) is 12.0. The standard InChI is InChI=1S/C19H25NO2/c1-4-20(17-8-6-7-15(3)13-17)14-19(21)16-9-11-18(12-10-16)22-5-2/h6-13,19,21H,4-5,14H2,1-3H3. The van der Waals surface area contributed by atoms with Crippen molar-refractivity contribution < 1.29 is 9.84 Å². The van der Waals surface area contributed by atoms with Gasteiger partial charge in [0.05, 0.1) is 12.7 Å². The van der Waals surface area contributed by atoms with E-state index in [0.717, 1.165) is 23.5 Å². The van der Waals surface area contributed by atoms with E-state index in [1.165, 1.54) is 5.56 Å². The number of aryl methyl sites for hydroxylation is 1. The molecule has 0 amide bonds. The van der Waals surface area contributed by atoms with E-state index < -0.39 is 6.10 Å². The maximum atomic E-state index is 10.5. The summed E-state index contributed by atoms with van der Waals surface area (Å²) in [6.45, 7) is 8.24. The van der Waals surface area contributed by atoms with Crippen LogP contribution in [0.1, 0.15) is 31.1 Å². The summed E-state index contributed by atoms with van der Waals surface area (Å²) in [6.07, 6.45) is -0.517. The second-order valence-electron chi connectivity index (χ2n) is 5.40. The van der Waals surface area contributed by atoms with Gasteiger partial charge in [0.1, 0.15) is 5.75 Å². The van der Waals surface area contributed by atoms with Crippen LogP contribution >= 0.6 is 0 Å². The van der Waals surface area contributed by atoms with E-state index in [0.29, 0.717) is 13.2 Å². The molecule has 0 aromatic heterocycles. The summed E-state index contributed by atoms with van der Waals surface area (Å²) >= 11 is 0. The van der Waals surface area contributed by atoms with Crippen molar-refractivity contribution in [2.24, 2.45) is 0 Å². The van der Waals surface area contributed by atoms with Crippen molar-refractivity contribution in [1.82, 2.24) is 0 Å². The average Bonchev–Trinajstić information content (AvgIpc) is 2.53. The van der Waals surface area contributed by atoms with Gasteiger partial charge in [-0.2, -0.15) is 0 Å². The first-order chi connectivity index (χ1) is 10.6. The Morgan fingerprint density at radius 3 is 2.41 bits per heavy atom. The Labute approximate surface area is 133 Å². The maximum absolute atomic E-state index is 10.5. The molecule has 0 fully saturated rings. The van der Waals surface area contributed by atoms with Crippen molar-refractivity contribution >= 4 is 5.69 Å². The van der Waals surface area contributed by atoms with Crippen LogP contribution in [0.15, 0.2) is 48.5 Å². The molecule has 0 heterocycles. The van der Waals surface area contributed by atoms with Gasteiger partial charge < -0.3 is 14.7 Å². The maximum Gasteiger partial charge on any atom is 0.119 e. The third kappa shape index (κ3) is 4.25. The van der Waals surface area contributed by atoms with Crippen LogP contribution < -0.4 is 9.64 Å². The summed E-state index contributed by atoms with van der Waals surface area (Å²) in [4.78, 5) is 2.19. The topological polar surface area (TPSA) is 32.7 Å². The molecule has 118 valence electrons. The Morgan fingerprint density at radius 2 is 1.82 bits per heavy atom. The van der Waals surface area contributed by atoms with Crippen molar-refractivity contribution in [1.29, 1.82) is 0 Å². The summed E-state index contributed by atoms with van der Waals surface area (Å²) in [7, 11) is 0. The first-order valence-electron chi connectivity index (χ1n) is 7.86. The molecule has 1 N–H and O–H groups in total. The van der Waals surface area contributed by atoms with E-state index in [-0.39, 0.29) is 0 Å². The monoisotopic (exact) mass is 299 g/mol. The number of aliphatic hydroxyl groups is 1. The van der Waals surface area contributed by atoms with Crippen molar-refractivity contribution in [3.05, 3.63) is 59.7 Å². The highest BCUT2D eigenvalue weighted by Crippen LogP contribution is 2.22. The highest BCUT2D eigenvalue weighted by molar-refractivity contribution is 5.48. The van der Waals surface area contributed by atoms with Gasteiger partial charge in [-0.1, -0.05) is 24.3 Å². The van der Waals surface area contributed by atoms with Gasteiger partial charge in [0, 0.05) is 18.8 Å². The lowest BCUT2D eigenvalue weighted by Crippen LogP contribution is -2.28. The highest BCUT2D eigenvalue weighted by Gasteiger charge is 2.13. The van der Waals surface area contributed by atoms with Crippen molar-refractivity contribution in [3.63, 3.8) is 0 Å². The largest absolute Gasteiger partial charge is 0.494 e. The number of anilines is 1. The van der Waals surface area contributed by atoms with Gasteiger partial charge >= 0.3 is 0 Å². The Balaban J connectivity index is 2.07. The molecule has 2 aromatic rings. The average molecular weight is 299 g/mol. The van der Waals surface area contributed by atoms with Crippen LogP contribution in [0.25, 0.3) is 0 Å². The van der Waals surface area contributed by atoms with Gasteiger partial charge in [-0.3, -0.25) is 0 Å². The Kier molecular flexibility index (Phi) is 5.84. The number of hydrogen-bond acceptors (Lipinski definition) is 3. The molecule has 0 saturated carbocycles. The molecule has 0 spiro atoms. The van der Waals surface area contributed by atoms with Gasteiger partial charge in [-0.25, -0.2) is 0 Å². The lowest BCUT2D eigenvalue weighted by molar-refractivity contribution is 0.183. The Morgan fingerprint density at radius 1 is 1.09 bits per heavy atom. The van der Waals surface area contributed by atoms with Crippen molar-refractivity contribution in [2.75, 3.05) is 24.6 Å². The molecule has 0 aliphatic heterocycles. The lowest BCUT2D eigenvalue weighted by atomic mass is 10.1. The molecule has 2 aromatic carbocycles. The number of nitrogens with zero attached hydrogens (tertiary/aromatic N) is 1. The fourth-order valence-corrected chi connectivity index (χ4v) is 2.51. The van der Waals surface area contributed by atoms with Crippen LogP contribution in [-0.2, 0) is 0 Å². The van der Waals surface area contributed by atoms with Crippen LogP contribution in [0, 0.1) is 6.92 Å². The van der Waals surface area contributed by atoms with E-state index in [2.05, 4.69) is 43.0 Å². The number of ether oxygens (including phenoxy) is 1. The zero-order chi connectivity index (χ0) is 15.9. The minimum atomic E-state index is -0.517. The number of aliphatic hydroxyl groups excluding tert-OH is 1. The van der Waals surface area contributed by atoms with Crippen molar-refractivity contribution in [3.8, 4) is 5.75 Å². The molecule has 0 bridgehead atoms. The SMILES string of the molecule is CCOc1ccc(C(O)CN(CC)c2cccc(C)c2)cc1. The van der Waals surface area contributed by atoms with Crippen LogP contribution in [0.4, 0.5) is 5.69 Å². The van der Waals surface area contributed by atoms with Gasteiger partial charge in [0.15, 0.2) is 0 Å². The molecular formula is C19H25NO2. The molecule has 1 atom stereocenters. The molecule has 22 heavy (non-hydrogen) atoms. The first kappa shape index (κ1) is 16.4. The molecule has 0 aliphatic rings. The smallest absolute Gasteiger partial charge is 0.119 e.